The molecule has 38 heavy (non-hydrogen) atoms. The lowest BCUT2D eigenvalue weighted by Gasteiger charge is -2.37. The van der Waals surface area contributed by atoms with Gasteiger partial charge in [0.1, 0.15) is 23.5 Å². The van der Waals surface area contributed by atoms with E-state index in [0.717, 1.165) is 24.0 Å². The number of esters is 1. The summed E-state index contributed by atoms with van der Waals surface area (Å²) in [7, 11) is -2.25. The van der Waals surface area contributed by atoms with E-state index in [2.05, 4.69) is 40.8 Å². The highest BCUT2D eigenvalue weighted by Gasteiger charge is 2.44. The molecule has 0 radical (unpaired) electrons. The minimum absolute atomic E-state index is 0.0390. The van der Waals surface area contributed by atoms with E-state index in [4.69, 9.17) is 18.6 Å². The molecule has 1 saturated heterocycles. The summed E-state index contributed by atoms with van der Waals surface area (Å²) in [5.41, 5.74) is 2.31. The van der Waals surface area contributed by atoms with E-state index >= 15 is 0 Å². The number of carbonyl (C=O) groups excluding carboxylic acids is 2. The Morgan fingerprint density at radius 1 is 1.08 bits per heavy atom. The number of carbonyl (C=O) groups is 2. The Morgan fingerprint density at radius 2 is 1.76 bits per heavy atom. The van der Waals surface area contributed by atoms with Crippen molar-refractivity contribution in [3.8, 4) is 5.75 Å². The molecule has 2 aliphatic heterocycles. The van der Waals surface area contributed by atoms with Crippen molar-refractivity contribution in [1.29, 1.82) is 0 Å². The molecule has 1 fully saturated rings. The highest BCUT2D eigenvalue weighted by molar-refractivity contribution is 6.74. The van der Waals surface area contributed by atoms with Crippen LogP contribution < -0.4 is 4.43 Å². The second-order valence-corrected chi connectivity index (χ2v) is 17.4. The van der Waals surface area contributed by atoms with Crippen molar-refractivity contribution in [2.24, 2.45) is 5.92 Å². The predicted molar refractivity (Wildman–Crippen MR) is 154 cm³/mol. The van der Waals surface area contributed by atoms with Gasteiger partial charge in [-0.25, -0.2) is 4.79 Å². The first-order valence-electron chi connectivity index (χ1n) is 13.9. The molecule has 7 heteroatoms. The molecule has 0 N–H and O–H groups in total. The standard InChI is InChI=1S/C31H46O6Si/c1-11-13-22-18-23-14-12-15-25-28(36-31(7,8)35-25)24(32)17-16-20(2)21(3)34-29(33)27(23)26(19-22)37-38(9,10)30(4,5)6/h12,14,16-21,25,28H,11,13,15H2,1-10H3/b14-12?,17-16-/t20-,21+,25+,28-/m1/s1. The zero-order valence-corrected chi connectivity index (χ0v) is 25.8. The van der Waals surface area contributed by atoms with Gasteiger partial charge < -0.3 is 18.6 Å². The maximum Gasteiger partial charge on any atom is 0.342 e. The molecule has 0 bridgehead atoms. The van der Waals surface area contributed by atoms with Crippen molar-refractivity contribution in [1.82, 2.24) is 0 Å². The van der Waals surface area contributed by atoms with E-state index in [1.165, 1.54) is 6.08 Å². The largest absolute Gasteiger partial charge is 0.543 e. The first kappa shape index (κ1) is 30.3. The van der Waals surface area contributed by atoms with Crippen molar-refractivity contribution < 1.29 is 28.2 Å². The highest BCUT2D eigenvalue weighted by Crippen LogP contribution is 2.40. The topological polar surface area (TPSA) is 71.1 Å². The summed E-state index contributed by atoms with van der Waals surface area (Å²) in [5, 5.41) is -0.0390. The predicted octanol–water partition coefficient (Wildman–Crippen LogP) is 7.27. The number of hydrogen-bond donors (Lipinski definition) is 0. The molecule has 210 valence electrons. The molecular formula is C31H46O6Si. The van der Waals surface area contributed by atoms with Gasteiger partial charge in [-0.05, 0) is 75.0 Å². The maximum atomic E-state index is 13.7. The van der Waals surface area contributed by atoms with Gasteiger partial charge in [0.25, 0.3) is 8.32 Å². The average molecular weight is 543 g/mol. The average Bonchev–Trinajstić information content (AvgIpc) is 3.10. The quantitative estimate of drug-likeness (QED) is 0.294. The van der Waals surface area contributed by atoms with Crippen molar-refractivity contribution in [3.63, 3.8) is 0 Å². The lowest BCUT2D eigenvalue weighted by atomic mass is 9.97. The number of rotatable bonds is 4. The van der Waals surface area contributed by atoms with Crippen LogP contribution in [-0.2, 0) is 25.4 Å². The molecule has 1 aromatic carbocycles. The lowest BCUT2D eigenvalue weighted by molar-refractivity contribution is -0.152. The molecule has 2 aliphatic rings. The molecule has 0 aliphatic carbocycles. The monoisotopic (exact) mass is 542 g/mol. The molecule has 0 saturated carbocycles. The third-order valence-electron chi connectivity index (χ3n) is 7.83. The van der Waals surface area contributed by atoms with Crippen LogP contribution in [0.15, 0.2) is 30.4 Å². The normalized spacial score (nSPS) is 27.2. The first-order chi connectivity index (χ1) is 17.5. The Morgan fingerprint density at radius 3 is 2.39 bits per heavy atom. The van der Waals surface area contributed by atoms with E-state index in [0.29, 0.717) is 17.7 Å². The van der Waals surface area contributed by atoms with Crippen LogP contribution >= 0.6 is 0 Å². The summed E-state index contributed by atoms with van der Waals surface area (Å²) in [6.45, 7) is 20.5. The van der Waals surface area contributed by atoms with E-state index in [9.17, 15) is 9.59 Å². The van der Waals surface area contributed by atoms with Crippen molar-refractivity contribution in [2.45, 2.75) is 117 Å². The fourth-order valence-electron chi connectivity index (χ4n) is 4.40. The number of aryl methyl sites for hydroxylation is 1. The minimum atomic E-state index is -2.25. The molecule has 0 spiro atoms. The minimum Gasteiger partial charge on any atom is -0.543 e. The van der Waals surface area contributed by atoms with E-state index in [1.807, 2.05) is 52.0 Å². The van der Waals surface area contributed by atoms with E-state index in [1.54, 1.807) is 6.08 Å². The van der Waals surface area contributed by atoms with Crippen LogP contribution in [0.25, 0.3) is 6.08 Å². The van der Waals surface area contributed by atoms with Crippen molar-refractivity contribution in [2.75, 3.05) is 0 Å². The summed E-state index contributed by atoms with van der Waals surface area (Å²) in [6.07, 6.45) is 7.94. The molecule has 1 aromatic rings. The van der Waals surface area contributed by atoms with E-state index in [-0.39, 0.29) is 16.7 Å². The van der Waals surface area contributed by atoms with Crippen LogP contribution in [-0.4, -0.2) is 44.2 Å². The lowest BCUT2D eigenvalue weighted by Crippen LogP contribution is -2.44. The van der Waals surface area contributed by atoms with Crippen molar-refractivity contribution >= 4 is 26.1 Å². The fourth-order valence-corrected chi connectivity index (χ4v) is 5.42. The molecule has 4 atom stereocenters. The first-order valence-corrected chi connectivity index (χ1v) is 16.8. The van der Waals surface area contributed by atoms with Gasteiger partial charge in [0.05, 0.1) is 6.10 Å². The van der Waals surface area contributed by atoms with Gasteiger partial charge in [-0.3, -0.25) is 4.79 Å². The highest BCUT2D eigenvalue weighted by atomic mass is 28.4. The summed E-state index contributed by atoms with van der Waals surface area (Å²) in [4.78, 5) is 26.7. The molecule has 3 rings (SSSR count). The van der Waals surface area contributed by atoms with Crippen LogP contribution in [0.3, 0.4) is 0 Å². The van der Waals surface area contributed by atoms with Gasteiger partial charge in [-0.1, -0.05) is 65.3 Å². The summed E-state index contributed by atoms with van der Waals surface area (Å²) in [5.74, 6) is -1.01. The summed E-state index contributed by atoms with van der Waals surface area (Å²) < 4.78 is 24.8. The fraction of sp³-hybridized carbons (Fsp3) is 0.613. The van der Waals surface area contributed by atoms with Gasteiger partial charge in [0.2, 0.25) is 0 Å². The molecule has 6 nitrogen and oxygen atoms in total. The molecular weight excluding hydrogens is 496 g/mol. The molecule has 0 unspecified atom stereocenters. The number of hydrogen-bond acceptors (Lipinski definition) is 6. The van der Waals surface area contributed by atoms with Gasteiger partial charge in [-0.2, -0.15) is 0 Å². The van der Waals surface area contributed by atoms with Crippen LogP contribution in [0.5, 0.6) is 5.75 Å². The third-order valence-corrected chi connectivity index (χ3v) is 12.2. The smallest absolute Gasteiger partial charge is 0.342 e. The summed E-state index contributed by atoms with van der Waals surface area (Å²) in [6, 6.07) is 4.06. The van der Waals surface area contributed by atoms with Crippen LogP contribution in [0.4, 0.5) is 0 Å². The Labute approximate surface area is 229 Å². The maximum absolute atomic E-state index is 13.7. The van der Waals surface area contributed by atoms with Crippen LogP contribution in [0, 0.1) is 5.92 Å². The second kappa shape index (κ2) is 11.5. The number of ketones is 1. The number of benzene rings is 1. The Balaban J connectivity index is 2.15. The van der Waals surface area contributed by atoms with Gasteiger partial charge in [0.15, 0.2) is 11.6 Å². The molecule has 0 amide bonds. The van der Waals surface area contributed by atoms with Gasteiger partial charge in [0, 0.05) is 5.92 Å². The number of fused-ring (bicyclic) bond motifs is 2. The van der Waals surface area contributed by atoms with Crippen molar-refractivity contribution in [3.05, 3.63) is 47.1 Å². The second-order valence-electron chi connectivity index (χ2n) is 12.6. The third kappa shape index (κ3) is 7.04. The van der Waals surface area contributed by atoms with Crippen LogP contribution in [0.1, 0.15) is 89.7 Å². The Kier molecular flexibility index (Phi) is 9.16. The van der Waals surface area contributed by atoms with E-state index < -0.39 is 38.4 Å². The Bertz CT molecular complexity index is 1090. The molecule has 0 aromatic heterocycles. The zero-order valence-electron chi connectivity index (χ0n) is 24.8. The van der Waals surface area contributed by atoms with Gasteiger partial charge >= 0.3 is 5.97 Å². The number of ether oxygens (including phenoxy) is 3. The van der Waals surface area contributed by atoms with Crippen LogP contribution in [0.2, 0.25) is 18.1 Å². The number of cyclic esters (lactones) is 1. The SMILES string of the molecule is CCCc1cc2c(c(O[Si](C)(C)C(C)(C)C)c1)C(=O)O[C@@H](C)[C@H](C)/C=C\C(=O)[C@H]1OC(C)(C)O[C@H]1CC=C2. The zero-order chi connectivity index (χ0) is 28.5. The Hall–Kier alpha value is -2.22. The van der Waals surface area contributed by atoms with Gasteiger partial charge in [-0.15, -0.1) is 0 Å². The summed E-state index contributed by atoms with van der Waals surface area (Å²) >= 11 is 0. The molecule has 2 heterocycles.